The molecular weight excluding hydrogens is 2190 g/mol. The molecule has 0 N–H and O–H groups in total. The number of hydrogen-bond donors (Lipinski definition) is 0. The van der Waals surface area contributed by atoms with Crippen molar-refractivity contribution in [3.8, 4) is 102 Å². The monoisotopic (exact) mass is 2270 g/mol. The van der Waals surface area contributed by atoms with Crippen LogP contribution in [0.1, 0.15) is 0 Å². The zero-order chi connectivity index (χ0) is 68.9. The van der Waals surface area contributed by atoms with E-state index in [1.165, 1.54) is 17.5 Å². The third kappa shape index (κ3) is 24.2. The van der Waals surface area contributed by atoms with E-state index in [2.05, 4.69) is 130 Å². The molecule has 20 heteroatoms. The fraction of sp³-hybridized carbons (Fsp3) is 0.0588. The summed E-state index contributed by atoms with van der Waals surface area (Å²) in [5.41, 5.74) is 13.7. The molecule has 105 heavy (non-hydrogen) atoms. The number of para-hydroxylation sites is 2. The Labute approximate surface area is 681 Å². The van der Waals surface area contributed by atoms with Gasteiger partial charge in [0.15, 0.2) is 0 Å². The maximum atomic E-state index is 4.68. The number of nitrogens with zero attached hydrogens (tertiary/aromatic N) is 15. The van der Waals surface area contributed by atoms with Crippen LogP contribution in [0.3, 0.4) is 0 Å². The number of hydrogen-bond acceptors (Lipinski definition) is 8. The van der Waals surface area contributed by atoms with Gasteiger partial charge in [-0.1, -0.05) is 102 Å². The molecule has 17 rings (SSSR count). The zero-order valence-corrected chi connectivity index (χ0v) is 69.6. The van der Waals surface area contributed by atoms with Crippen LogP contribution < -0.4 is 0 Å². The predicted octanol–water partition coefficient (Wildman–Crippen LogP) is 17.2. The zero-order valence-electron chi connectivity index (χ0n) is 57.6. The number of rotatable bonds is 10. The Kier molecular flexibility index (Phi) is 35.5. The summed E-state index contributed by atoms with van der Waals surface area (Å²) in [7, 11) is 9.98. The Morgan fingerprint density at radius 1 is 0.305 bits per heavy atom. The van der Waals surface area contributed by atoms with Crippen molar-refractivity contribution < 1.29 is 101 Å². The minimum Gasteiger partial charge on any atom is -0.373 e. The SMILES string of the molecule is Cn1c(-c2ccccc2)cnc1-c1[c-]cccc1.Cn1cc(-c2ccccc2)nc1-c1[c-]cccc1.Cn1ccnc1-c1[c-]c(-c2ccccc2)ccc1.Cn1ccnc1-c1[c-]cccc1.Cn1ccnc1-c1[c-]cccc1.[Ir].[Ir].[Ir].[Ir].[Ir].[c-]1ccccc1-n1cccn1.[c-]1ccccc1-n1cncn1. The van der Waals surface area contributed by atoms with Gasteiger partial charge >= 0.3 is 0 Å². The van der Waals surface area contributed by atoms with Crippen LogP contribution in [0.5, 0.6) is 0 Å². The first-order valence-corrected chi connectivity index (χ1v) is 32.1. The van der Waals surface area contributed by atoms with Gasteiger partial charge in [-0.25, -0.2) is 9.67 Å². The predicted molar refractivity (Wildman–Crippen MR) is 396 cm³/mol. The molecule has 0 bridgehead atoms. The molecule has 0 saturated heterocycles. The van der Waals surface area contributed by atoms with Crippen LogP contribution in [0.25, 0.3) is 102 Å². The largest absolute Gasteiger partial charge is 0.373 e. The molecule has 0 spiro atoms. The molecule has 15 nitrogen and oxygen atoms in total. The van der Waals surface area contributed by atoms with Gasteiger partial charge in [-0.05, 0) is 23.0 Å². The van der Waals surface area contributed by atoms with E-state index in [0.29, 0.717) is 0 Å². The van der Waals surface area contributed by atoms with Gasteiger partial charge in [0.05, 0.1) is 40.5 Å². The molecule has 10 aromatic carbocycles. The Morgan fingerprint density at radius 2 is 0.714 bits per heavy atom. The number of benzene rings is 10. The summed E-state index contributed by atoms with van der Waals surface area (Å²) in [5, 5.41) is 8.03. The average Bonchev–Trinajstić information content (AvgIpc) is 1.68. The van der Waals surface area contributed by atoms with Gasteiger partial charge in [0.1, 0.15) is 12.7 Å². The summed E-state index contributed by atoms with van der Waals surface area (Å²) >= 11 is 0. The van der Waals surface area contributed by atoms with Crippen molar-refractivity contribution in [2.75, 3.05) is 0 Å². The topological polar surface area (TPSA) is 138 Å². The smallest absolute Gasteiger partial charge is 0.138 e. The normalized spacial score (nSPS) is 9.76. The van der Waals surface area contributed by atoms with Crippen molar-refractivity contribution in [3.05, 3.63) is 378 Å². The van der Waals surface area contributed by atoms with Crippen LogP contribution in [-0.4, -0.2) is 72.3 Å². The van der Waals surface area contributed by atoms with Gasteiger partial charge in [-0.3, -0.25) is 29.6 Å². The van der Waals surface area contributed by atoms with Crippen LogP contribution in [0.2, 0.25) is 0 Å². The van der Waals surface area contributed by atoms with E-state index in [-0.39, 0.29) is 101 Å². The van der Waals surface area contributed by atoms with Gasteiger partial charge in [0.2, 0.25) is 0 Å². The molecular formula is C85H70Ir5N15-7. The summed E-state index contributed by atoms with van der Waals surface area (Å²) in [6.07, 6.45) is 21.9. The second kappa shape index (κ2) is 44.5. The van der Waals surface area contributed by atoms with E-state index in [1.54, 1.807) is 40.5 Å². The number of aromatic nitrogens is 15. The van der Waals surface area contributed by atoms with E-state index >= 15 is 0 Å². The Bertz CT molecular complexity index is 4850. The molecule has 7 heterocycles. The van der Waals surface area contributed by atoms with Crippen LogP contribution in [0.15, 0.2) is 335 Å². The fourth-order valence-corrected chi connectivity index (χ4v) is 10.2. The summed E-state index contributed by atoms with van der Waals surface area (Å²) in [6.45, 7) is 0. The second-order valence-corrected chi connectivity index (χ2v) is 22.1. The molecule has 0 fully saturated rings. The van der Waals surface area contributed by atoms with E-state index in [1.807, 2.05) is 309 Å². The molecule has 0 amide bonds. The van der Waals surface area contributed by atoms with Crippen molar-refractivity contribution in [1.82, 2.24) is 72.3 Å². The van der Waals surface area contributed by atoms with Crippen molar-refractivity contribution in [1.29, 1.82) is 0 Å². The molecule has 537 valence electrons. The van der Waals surface area contributed by atoms with Crippen LogP contribution >= 0.6 is 0 Å². The summed E-state index contributed by atoms with van der Waals surface area (Å²) in [5.74, 6) is 4.72. The van der Waals surface area contributed by atoms with Gasteiger partial charge in [-0.15, -0.1) is 186 Å². The Hall–Kier alpha value is -10.2. The minimum absolute atomic E-state index is 0. The average molecular weight is 2260 g/mol. The van der Waals surface area contributed by atoms with Crippen molar-refractivity contribution in [3.63, 3.8) is 0 Å². The summed E-state index contributed by atoms with van der Waals surface area (Å²) in [4.78, 5) is 25.8. The van der Waals surface area contributed by atoms with E-state index < -0.39 is 0 Å². The van der Waals surface area contributed by atoms with Gasteiger partial charge in [-0.2, -0.15) is 58.7 Å². The number of aryl methyl sites for hydroxylation is 4. The van der Waals surface area contributed by atoms with Gasteiger partial charge in [0, 0.05) is 203 Å². The quantitative estimate of drug-likeness (QED) is 0.123. The molecule has 17 aromatic rings. The maximum Gasteiger partial charge on any atom is 0.138 e. The van der Waals surface area contributed by atoms with Crippen LogP contribution in [-0.2, 0) is 136 Å². The van der Waals surface area contributed by atoms with Crippen LogP contribution in [0.4, 0.5) is 0 Å². The first kappa shape index (κ1) is 83.8. The maximum absolute atomic E-state index is 4.68. The first-order chi connectivity index (χ1) is 49.2. The molecule has 0 saturated carbocycles. The molecule has 0 aliphatic heterocycles. The summed E-state index contributed by atoms with van der Waals surface area (Å²) in [6, 6.07) is 108. The standard InChI is InChI=1S/3C16H13N2.2C10H9N2.C9H7N2.C8H6N3.5Ir/c1-18-12-15(13-8-4-2-5-9-13)17-16(18)14-10-6-3-7-11-14;1-18-15(13-8-4-2-5-9-13)12-17-16(18)14-10-6-3-7-11-14;1-18-11-10-17-16(18)15-9-5-8-14(12-15)13-6-3-2-4-7-13;2*1-12-8-7-11-10(12)9-5-3-2-4-6-9;1-2-5-9(6-3-1)11-8-4-7-10-11;1-2-4-8(5-3-1)11-7-9-6-10-11;;;;;/h2*2-10,12H,1H3;2-11H,1H3;2*2-5,7-8H,1H3;1-5,7-8H;1-4,6-7H;;;;;/q7*-1;;;;;. The second-order valence-electron chi connectivity index (χ2n) is 22.1. The molecule has 0 unspecified atom stereocenters. The third-order valence-corrected chi connectivity index (χ3v) is 15.2. The molecule has 0 aliphatic rings. The van der Waals surface area contributed by atoms with E-state index in [4.69, 9.17) is 0 Å². The molecule has 0 aliphatic carbocycles. The van der Waals surface area contributed by atoms with Gasteiger partial charge < -0.3 is 22.8 Å². The van der Waals surface area contributed by atoms with Gasteiger partial charge in [0.25, 0.3) is 0 Å². The van der Waals surface area contributed by atoms with Crippen molar-refractivity contribution >= 4 is 0 Å². The Balaban J connectivity index is 0.000000192. The molecule has 5 radical (unpaired) electrons. The summed E-state index contributed by atoms with van der Waals surface area (Å²) < 4.78 is 13.5. The molecule has 0 atom stereocenters. The molecule has 7 aromatic heterocycles. The van der Waals surface area contributed by atoms with Crippen molar-refractivity contribution in [2.24, 2.45) is 35.2 Å². The number of imidazole rings is 5. The fourth-order valence-electron chi connectivity index (χ4n) is 10.2. The minimum atomic E-state index is 0. The third-order valence-electron chi connectivity index (χ3n) is 15.2. The van der Waals surface area contributed by atoms with Crippen LogP contribution in [0, 0.1) is 42.5 Å². The van der Waals surface area contributed by atoms with E-state index in [9.17, 15) is 0 Å². The Morgan fingerprint density at radius 3 is 1.13 bits per heavy atom. The van der Waals surface area contributed by atoms with E-state index in [0.717, 1.165) is 90.8 Å². The van der Waals surface area contributed by atoms with Crippen molar-refractivity contribution in [2.45, 2.75) is 0 Å². The first-order valence-electron chi connectivity index (χ1n) is 32.1.